The minimum atomic E-state index is -0.489. The van der Waals surface area contributed by atoms with Crippen LogP contribution in [0.4, 0.5) is 10.2 Å². The van der Waals surface area contributed by atoms with Crippen LogP contribution in [-0.4, -0.2) is 17.6 Å². The highest BCUT2D eigenvalue weighted by Gasteiger charge is 2.04. The van der Waals surface area contributed by atoms with Gasteiger partial charge in [0.2, 0.25) is 5.95 Å². The Morgan fingerprint density at radius 2 is 1.94 bits per heavy atom. The number of para-hydroxylation sites is 1. The Bertz CT molecular complexity index is 490. The van der Waals surface area contributed by atoms with Gasteiger partial charge in [-0.15, -0.1) is 0 Å². The van der Waals surface area contributed by atoms with Crippen molar-refractivity contribution in [3.05, 3.63) is 54.5 Å². The molecule has 0 spiro atoms. The molecule has 2 rings (SSSR count). The SMILES string of the molecule is CC(CNc1cccc(F)n1)Oc1ccccc1. The molecule has 94 valence electrons. The van der Waals surface area contributed by atoms with Crippen molar-refractivity contribution in [1.29, 1.82) is 0 Å². The Labute approximate surface area is 106 Å². The van der Waals surface area contributed by atoms with Gasteiger partial charge < -0.3 is 10.1 Å². The van der Waals surface area contributed by atoms with E-state index >= 15 is 0 Å². The minimum Gasteiger partial charge on any atom is -0.489 e. The van der Waals surface area contributed by atoms with Crippen molar-refractivity contribution >= 4 is 5.82 Å². The molecule has 1 aromatic heterocycles. The van der Waals surface area contributed by atoms with E-state index in [4.69, 9.17) is 4.74 Å². The monoisotopic (exact) mass is 246 g/mol. The maximum Gasteiger partial charge on any atom is 0.214 e. The van der Waals surface area contributed by atoms with E-state index < -0.39 is 5.95 Å². The van der Waals surface area contributed by atoms with Gasteiger partial charge in [0.05, 0.1) is 6.54 Å². The first-order valence-electron chi connectivity index (χ1n) is 5.82. The van der Waals surface area contributed by atoms with Gasteiger partial charge in [-0.3, -0.25) is 0 Å². The Morgan fingerprint density at radius 1 is 1.17 bits per heavy atom. The molecule has 1 unspecified atom stereocenters. The van der Waals surface area contributed by atoms with Gasteiger partial charge in [0.15, 0.2) is 0 Å². The fraction of sp³-hybridized carbons (Fsp3) is 0.214. The summed E-state index contributed by atoms with van der Waals surface area (Å²) in [6.45, 7) is 2.50. The number of hydrogen-bond acceptors (Lipinski definition) is 3. The van der Waals surface area contributed by atoms with Crippen molar-refractivity contribution in [3.8, 4) is 5.75 Å². The predicted octanol–water partition coefficient (Wildman–Crippen LogP) is 3.10. The van der Waals surface area contributed by atoms with E-state index in [-0.39, 0.29) is 6.10 Å². The summed E-state index contributed by atoms with van der Waals surface area (Å²) in [5, 5.41) is 3.03. The molecule has 0 radical (unpaired) electrons. The maximum atomic E-state index is 12.9. The molecule has 0 fully saturated rings. The van der Waals surface area contributed by atoms with Crippen LogP contribution in [0.2, 0.25) is 0 Å². The number of hydrogen-bond donors (Lipinski definition) is 1. The van der Waals surface area contributed by atoms with Crippen LogP contribution >= 0.6 is 0 Å². The van der Waals surface area contributed by atoms with Crippen LogP contribution in [0.5, 0.6) is 5.75 Å². The summed E-state index contributed by atoms with van der Waals surface area (Å²) < 4.78 is 18.5. The fourth-order valence-electron chi connectivity index (χ4n) is 1.53. The van der Waals surface area contributed by atoms with Gasteiger partial charge in [0, 0.05) is 0 Å². The zero-order valence-corrected chi connectivity index (χ0v) is 10.1. The van der Waals surface area contributed by atoms with Gasteiger partial charge in [-0.25, -0.2) is 4.98 Å². The molecule has 0 saturated carbocycles. The summed E-state index contributed by atoms with van der Waals surface area (Å²) in [7, 11) is 0. The molecule has 2 aromatic rings. The molecule has 18 heavy (non-hydrogen) atoms. The van der Waals surface area contributed by atoms with Crippen molar-refractivity contribution in [2.75, 3.05) is 11.9 Å². The summed E-state index contributed by atoms with van der Waals surface area (Å²) in [5.74, 6) is 0.842. The lowest BCUT2D eigenvalue weighted by Gasteiger charge is -2.15. The van der Waals surface area contributed by atoms with E-state index in [1.54, 1.807) is 12.1 Å². The van der Waals surface area contributed by atoms with Crippen molar-refractivity contribution < 1.29 is 9.13 Å². The lowest BCUT2D eigenvalue weighted by molar-refractivity contribution is 0.234. The van der Waals surface area contributed by atoms with Crippen molar-refractivity contribution in [2.24, 2.45) is 0 Å². The maximum absolute atomic E-state index is 12.9. The highest BCUT2D eigenvalue weighted by Crippen LogP contribution is 2.11. The average molecular weight is 246 g/mol. The smallest absolute Gasteiger partial charge is 0.214 e. The number of halogens is 1. The van der Waals surface area contributed by atoms with Crippen LogP contribution in [0.3, 0.4) is 0 Å². The Hall–Kier alpha value is -2.10. The second-order valence-electron chi connectivity index (χ2n) is 3.97. The summed E-state index contributed by atoms with van der Waals surface area (Å²) in [6, 6.07) is 14.2. The molecule has 1 aromatic carbocycles. The van der Waals surface area contributed by atoms with Crippen LogP contribution in [0.1, 0.15) is 6.92 Å². The highest BCUT2D eigenvalue weighted by atomic mass is 19.1. The third kappa shape index (κ3) is 3.73. The molecule has 3 nitrogen and oxygen atoms in total. The molecule has 1 N–H and O–H groups in total. The summed E-state index contributed by atoms with van der Waals surface area (Å²) in [4.78, 5) is 3.72. The topological polar surface area (TPSA) is 34.2 Å². The first kappa shape index (κ1) is 12.4. The number of benzene rings is 1. The molecule has 0 aliphatic heterocycles. The predicted molar refractivity (Wildman–Crippen MR) is 69.2 cm³/mol. The number of pyridine rings is 1. The Morgan fingerprint density at radius 3 is 2.67 bits per heavy atom. The van der Waals surface area contributed by atoms with Crippen LogP contribution in [-0.2, 0) is 0 Å². The number of rotatable bonds is 5. The molecule has 0 amide bonds. The van der Waals surface area contributed by atoms with Gasteiger partial charge in [0.1, 0.15) is 17.7 Å². The second kappa shape index (κ2) is 6.00. The molecular weight excluding hydrogens is 231 g/mol. The summed E-state index contributed by atoms with van der Waals surface area (Å²) in [6.07, 6.45) is -0.0301. The van der Waals surface area contributed by atoms with Crippen LogP contribution in [0, 0.1) is 5.95 Å². The standard InChI is InChI=1S/C14H15FN2O/c1-11(18-12-6-3-2-4-7-12)10-16-14-9-5-8-13(15)17-14/h2-9,11H,10H2,1H3,(H,16,17). The molecule has 0 aliphatic rings. The zero-order valence-electron chi connectivity index (χ0n) is 10.1. The van der Waals surface area contributed by atoms with Crippen LogP contribution in [0.25, 0.3) is 0 Å². The van der Waals surface area contributed by atoms with Gasteiger partial charge >= 0.3 is 0 Å². The number of nitrogens with one attached hydrogen (secondary N) is 1. The number of anilines is 1. The number of aromatic nitrogens is 1. The van der Waals surface area contributed by atoms with Gasteiger partial charge in [-0.2, -0.15) is 4.39 Å². The molecule has 4 heteroatoms. The normalized spacial score (nSPS) is 11.9. The zero-order chi connectivity index (χ0) is 12.8. The number of ether oxygens (including phenoxy) is 1. The Kier molecular flexibility index (Phi) is 4.12. The van der Waals surface area contributed by atoms with Gasteiger partial charge in [-0.05, 0) is 31.2 Å². The lowest BCUT2D eigenvalue weighted by Crippen LogP contribution is -2.23. The van der Waals surface area contributed by atoms with E-state index in [0.29, 0.717) is 12.4 Å². The molecule has 1 atom stereocenters. The second-order valence-corrected chi connectivity index (χ2v) is 3.97. The Balaban J connectivity index is 1.83. The van der Waals surface area contributed by atoms with E-state index in [0.717, 1.165) is 5.75 Å². The first-order chi connectivity index (χ1) is 8.74. The summed E-state index contributed by atoms with van der Waals surface area (Å²) in [5.41, 5.74) is 0. The van der Waals surface area contributed by atoms with Crippen LogP contribution < -0.4 is 10.1 Å². The highest BCUT2D eigenvalue weighted by molar-refractivity contribution is 5.33. The lowest BCUT2D eigenvalue weighted by atomic mass is 10.3. The molecule has 0 aliphatic carbocycles. The quantitative estimate of drug-likeness (QED) is 0.823. The molecular formula is C14H15FN2O. The van der Waals surface area contributed by atoms with E-state index in [1.165, 1.54) is 6.07 Å². The average Bonchev–Trinajstić information content (AvgIpc) is 2.38. The molecule has 1 heterocycles. The van der Waals surface area contributed by atoms with E-state index in [1.807, 2.05) is 37.3 Å². The third-order valence-corrected chi connectivity index (χ3v) is 2.37. The van der Waals surface area contributed by atoms with Gasteiger partial charge in [-0.1, -0.05) is 24.3 Å². The van der Waals surface area contributed by atoms with Crippen LogP contribution in [0.15, 0.2) is 48.5 Å². The molecule has 0 bridgehead atoms. The molecule has 0 saturated heterocycles. The van der Waals surface area contributed by atoms with Crippen molar-refractivity contribution in [3.63, 3.8) is 0 Å². The number of nitrogens with zero attached hydrogens (tertiary/aromatic N) is 1. The van der Waals surface area contributed by atoms with Gasteiger partial charge in [0.25, 0.3) is 0 Å². The van der Waals surface area contributed by atoms with Crippen molar-refractivity contribution in [1.82, 2.24) is 4.98 Å². The van der Waals surface area contributed by atoms with Crippen molar-refractivity contribution in [2.45, 2.75) is 13.0 Å². The van der Waals surface area contributed by atoms with E-state index in [2.05, 4.69) is 10.3 Å². The fourth-order valence-corrected chi connectivity index (χ4v) is 1.53. The minimum absolute atomic E-state index is 0.0301. The van der Waals surface area contributed by atoms with E-state index in [9.17, 15) is 4.39 Å². The summed E-state index contributed by atoms with van der Waals surface area (Å²) >= 11 is 0. The third-order valence-electron chi connectivity index (χ3n) is 2.37. The first-order valence-corrected chi connectivity index (χ1v) is 5.82. The largest absolute Gasteiger partial charge is 0.489 e.